The minimum atomic E-state index is 0.449. The highest BCUT2D eigenvalue weighted by Crippen LogP contribution is 2.37. The van der Waals surface area contributed by atoms with E-state index >= 15 is 0 Å². The lowest BCUT2D eigenvalue weighted by Gasteiger charge is -2.12. The van der Waals surface area contributed by atoms with E-state index in [9.17, 15) is 0 Å². The van der Waals surface area contributed by atoms with Crippen molar-refractivity contribution >= 4 is 29.2 Å². The lowest BCUT2D eigenvalue weighted by molar-refractivity contribution is -0.499. The van der Waals surface area contributed by atoms with E-state index in [1.165, 1.54) is 0 Å². The summed E-state index contributed by atoms with van der Waals surface area (Å²) in [5.74, 6) is 1.70. The molecule has 0 saturated heterocycles. The van der Waals surface area contributed by atoms with Crippen LogP contribution in [0.15, 0.2) is 42.5 Å². The van der Waals surface area contributed by atoms with Gasteiger partial charge < -0.3 is 19.5 Å². The molecule has 0 aromatic heterocycles. The monoisotopic (exact) mass is 346 g/mol. The van der Waals surface area contributed by atoms with E-state index in [0.29, 0.717) is 22.4 Å². The molecule has 0 unspecified atom stereocenters. The molecule has 0 bridgehead atoms. The first-order valence-electron chi connectivity index (χ1n) is 7.18. The van der Waals surface area contributed by atoms with Gasteiger partial charge in [-0.2, -0.15) is 0 Å². The average Bonchev–Trinajstić information content (AvgIpc) is 2.61. The molecular weight excluding hydrogens is 326 g/mol. The van der Waals surface area contributed by atoms with Crippen LogP contribution in [0.5, 0.6) is 17.2 Å². The number of hydrazine groups is 1. The molecule has 0 aliphatic rings. The third-order valence-electron chi connectivity index (χ3n) is 3.14. The normalized spacial score (nSPS) is 10.3. The molecule has 126 valence electrons. The summed E-state index contributed by atoms with van der Waals surface area (Å²) in [6.07, 6.45) is 1.74. The van der Waals surface area contributed by atoms with Crippen LogP contribution in [0, 0.1) is 0 Å². The molecule has 0 radical (unpaired) electrons. The fourth-order valence-corrected chi connectivity index (χ4v) is 2.23. The molecule has 2 aromatic rings. The van der Waals surface area contributed by atoms with Crippen molar-refractivity contribution in [1.29, 1.82) is 0 Å². The Bertz CT molecular complexity index is 695. The number of para-hydroxylation sites is 1. The van der Waals surface area contributed by atoms with Crippen LogP contribution < -0.4 is 30.1 Å². The lowest BCUT2D eigenvalue weighted by atomic mass is 10.2. The highest BCUT2D eigenvalue weighted by molar-refractivity contribution is 7.80. The number of thiocarbonyl (C=S) groups is 1. The third-order valence-corrected chi connectivity index (χ3v) is 3.35. The molecule has 6 nitrogen and oxygen atoms in total. The molecule has 0 aliphatic heterocycles. The third kappa shape index (κ3) is 4.60. The molecule has 2 rings (SSSR count). The minimum Gasteiger partial charge on any atom is -0.493 e. The maximum Gasteiger partial charge on any atom is 0.228 e. The molecule has 7 heteroatoms. The van der Waals surface area contributed by atoms with E-state index in [-0.39, 0.29) is 0 Å². The average molecular weight is 346 g/mol. The summed E-state index contributed by atoms with van der Waals surface area (Å²) >= 11 is 5.21. The molecule has 0 fully saturated rings. The summed E-state index contributed by atoms with van der Waals surface area (Å²) in [6, 6.07) is 13.3. The molecule has 0 saturated carbocycles. The zero-order valence-corrected chi connectivity index (χ0v) is 14.6. The van der Waals surface area contributed by atoms with Crippen LogP contribution in [0.2, 0.25) is 0 Å². The highest BCUT2D eigenvalue weighted by atomic mass is 32.1. The zero-order chi connectivity index (χ0) is 17.4. The van der Waals surface area contributed by atoms with Crippen LogP contribution in [0.25, 0.3) is 0 Å². The van der Waals surface area contributed by atoms with Crippen molar-refractivity contribution in [3.8, 4) is 17.2 Å². The van der Waals surface area contributed by atoms with Gasteiger partial charge in [-0.05, 0) is 36.5 Å². The Morgan fingerprint density at radius 2 is 1.62 bits per heavy atom. The zero-order valence-electron chi connectivity index (χ0n) is 13.8. The Labute approximate surface area is 146 Å². The smallest absolute Gasteiger partial charge is 0.228 e. The van der Waals surface area contributed by atoms with Gasteiger partial charge in [-0.25, -0.2) is 0 Å². The van der Waals surface area contributed by atoms with Gasteiger partial charge in [-0.3, -0.25) is 0 Å². The molecule has 0 aliphatic carbocycles. The van der Waals surface area contributed by atoms with Crippen LogP contribution in [0.1, 0.15) is 5.56 Å². The van der Waals surface area contributed by atoms with Crippen molar-refractivity contribution in [2.24, 2.45) is 0 Å². The van der Waals surface area contributed by atoms with Crippen molar-refractivity contribution < 1.29 is 19.3 Å². The van der Waals surface area contributed by atoms with Crippen LogP contribution in [-0.2, 0) is 0 Å². The summed E-state index contributed by atoms with van der Waals surface area (Å²) in [5, 5.41) is 6.44. The number of benzene rings is 2. The van der Waals surface area contributed by atoms with Crippen molar-refractivity contribution in [3.63, 3.8) is 0 Å². The number of hydrogen-bond donors (Lipinski definition) is 3. The van der Waals surface area contributed by atoms with Gasteiger partial charge in [0.15, 0.2) is 17.7 Å². The SMILES string of the molecule is COc1cc(C=[NH+]NC(=S)Nc2ccccc2)cc(OC)c1OC. The van der Waals surface area contributed by atoms with Crippen LogP contribution in [0.3, 0.4) is 0 Å². The first-order chi connectivity index (χ1) is 11.7. The van der Waals surface area contributed by atoms with Crippen LogP contribution in [0.4, 0.5) is 5.69 Å². The first kappa shape index (κ1) is 17.6. The van der Waals surface area contributed by atoms with Gasteiger partial charge >= 0.3 is 0 Å². The second kappa shape index (κ2) is 8.73. The van der Waals surface area contributed by atoms with Crippen molar-refractivity contribution in [3.05, 3.63) is 48.0 Å². The predicted octanol–water partition coefficient (Wildman–Crippen LogP) is 1.11. The van der Waals surface area contributed by atoms with E-state index in [1.807, 2.05) is 42.5 Å². The van der Waals surface area contributed by atoms with Crippen molar-refractivity contribution in [2.75, 3.05) is 26.6 Å². The van der Waals surface area contributed by atoms with Gasteiger partial charge in [0.05, 0.1) is 21.3 Å². The van der Waals surface area contributed by atoms with Gasteiger partial charge in [0.1, 0.15) is 0 Å². The van der Waals surface area contributed by atoms with Crippen LogP contribution in [-0.4, -0.2) is 32.7 Å². The Kier molecular flexibility index (Phi) is 6.39. The Hall–Kier alpha value is -2.80. The summed E-state index contributed by atoms with van der Waals surface area (Å²) in [4.78, 5) is 0. The Balaban J connectivity index is 2.04. The van der Waals surface area contributed by atoms with E-state index < -0.39 is 0 Å². The highest BCUT2D eigenvalue weighted by Gasteiger charge is 2.13. The predicted molar refractivity (Wildman–Crippen MR) is 98.0 cm³/mol. The number of hydrogen-bond acceptors (Lipinski definition) is 4. The maximum absolute atomic E-state index is 5.31. The van der Waals surface area contributed by atoms with Gasteiger partial charge in [-0.1, -0.05) is 18.2 Å². The van der Waals surface area contributed by atoms with Gasteiger partial charge in [0.25, 0.3) is 0 Å². The quantitative estimate of drug-likeness (QED) is 0.414. The van der Waals surface area contributed by atoms with E-state index in [2.05, 4.69) is 15.8 Å². The number of methoxy groups -OCH3 is 3. The summed E-state index contributed by atoms with van der Waals surface area (Å²) in [5.41, 5.74) is 4.62. The molecule has 0 spiro atoms. The number of hydrazone groups is 1. The van der Waals surface area contributed by atoms with Gasteiger partial charge in [0.2, 0.25) is 10.9 Å². The molecule has 2 aromatic carbocycles. The summed E-state index contributed by atoms with van der Waals surface area (Å²) in [7, 11) is 4.72. The number of nitrogens with one attached hydrogen (secondary N) is 3. The largest absolute Gasteiger partial charge is 0.493 e. The number of ether oxygens (including phenoxy) is 3. The molecule has 0 heterocycles. The van der Waals surface area contributed by atoms with E-state index in [1.54, 1.807) is 27.5 Å². The molecule has 0 amide bonds. The first-order valence-corrected chi connectivity index (χ1v) is 7.59. The molecule has 0 atom stereocenters. The second-order valence-electron chi connectivity index (χ2n) is 4.69. The van der Waals surface area contributed by atoms with Crippen molar-refractivity contribution in [2.45, 2.75) is 0 Å². The van der Waals surface area contributed by atoms with Gasteiger partial charge in [0, 0.05) is 11.3 Å². The van der Waals surface area contributed by atoms with Crippen LogP contribution >= 0.6 is 12.2 Å². The Morgan fingerprint density at radius 3 is 2.17 bits per heavy atom. The fraction of sp³-hybridized carbons (Fsp3) is 0.176. The van der Waals surface area contributed by atoms with Crippen molar-refractivity contribution in [1.82, 2.24) is 5.43 Å². The molecular formula is C17H20N3O3S+. The second-order valence-corrected chi connectivity index (χ2v) is 5.10. The summed E-state index contributed by atoms with van der Waals surface area (Å²) < 4.78 is 15.9. The topological polar surface area (TPSA) is 65.7 Å². The molecule has 3 N–H and O–H groups in total. The minimum absolute atomic E-state index is 0.449. The lowest BCUT2D eigenvalue weighted by Crippen LogP contribution is -2.82. The number of anilines is 1. The Morgan fingerprint density at radius 1 is 1.00 bits per heavy atom. The van der Waals surface area contributed by atoms with E-state index in [0.717, 1.165) is 11.3 Å². The van der Waals surface area contributed by atoms with E-state index in [4.69, 9.17) is 26.4 Å². The summed E-state index contributed by atoms with van der Waals surface area (Å²) in [6.45, 7) is 0. The maximum atomic E-state index is 5.31. The standard InChI is InChI=1S/C17H19N3O3S/c1-21-14-9-12(10-15(22-2)16(14)23-3)11-18-20-17(24)19-13-7-5-4-6-8-13/h4-11H,1-3H3,(H2,19,20,24)/p+1. The molecule has 24 heavy (non-hydrogen) atoms. The van der Waals surface area contributed by atoms with Gasteiger partial charge in [-0.15, -0.1) is 10.5 Å². The fourth-order valence-electron chi connectivity index (χ4n) is 2.05. The number of rotatable bonds is 6.